The van der Waals surface area contributed by atoms with Gasteiger partial charge in [0.05, 0.1) is 12.2 Å². The van der Waals surface area contributed by atoms with E-state index in [2.05, 4.69) is 10.3 Å². The predicted octanol–water partition coefficient (Wildman–Crippen LogP) is 2.73. The number of ether oxygens (including phenoxy) is 1. The Bertz CT molecular complexity index is 853. The molecule has 6 nitrogen and oxygen atoms in total. The van der Waals surface area contributed by atoms with Crippen molar-refractivity contribution in [2.75, 3.05) is 11.9 Å². The average Bonchev–Trinajstić information content (AvgIpc) is 2.51. The second-order valence-corrected chi connectivity index (χ2v) is 5.52. The van der Waals surface area contributed by atoms with E-state index in [1.807, 2.05) is 26.0 Å². The second kappa shape index (κ2) is 7.12. The summed E-state index contributed by atoms with van der Waals surface area (Å²) in [5, 5.41) is 2.67. The topological polar surface area (TPSA) is 88.3 Å². The van der Waals surface area contributed by atoms with Gasteiger partial charge in [-0.15, -0.1) is 0 Å². The molecule has 1 heterocycles. The fraction of sp³-hybridized carbons (Fsp3) is 0.278. The molecule has 0 fully saturated rings. The minimum atomic E-state index is -0.579. The van der Waals surface area contributed by atoms with E-state index < -0.39 is 17.4 Å². The molecule has 1 aromatic carbocycles. The molecule has 0 saturated carbocycles. The van der Waals surface area contributed by atoms with Crippen molar-refractivity contribution in [1.29, 1.82) is 0 Å². The maximum absolute atomic E-state index is 12.4. The van der Waals surface area contributed by atoms with E-state index in [9.17, 15) is 14.4 Å². The number of aromatic amines is 1. The van der Waals surface area contributed by atoms with Crippen LogP contribution in [0.25, 0.3) is 0 Å². The lowest BCUT2D eigenvalue weighted by Gasteiger charge is -2.10. The van der Waals surface area contributed by atoms with Crippen LogP contribution in [0, 0.1) is 20.8 Å². The third kappa shape index (κ3) is 3.71. The summed E-state index contributed by atoms with van der Waals surface area (Å²) < 4.78 is 4.94. The van der Waals surface area contributed by atoms with Crippen LogP contribution in [-0.2, 0) is 4.74 Å². The van der Waals surface area contributed by atoms with Gasteiger partial charge in [0.15, 0.2) is 0 Å². The van der Waals surface area contributed by atoms with Crippen molar-refractivity contribution in [1.82, 2.24) is 4.98 Å². The first-order valence-electron chi connectivity index (χ1n) is 7.63. The first kappa shape index (κ1) is 17.5. The van der Waals surface area contributed by atoms with Crippen molar-refractivity contribution < 1.29 is 14.3 Å². The van der Waals surface area contributed by atoms with E-state index in [1.54, 1.807) is 19.9 Å². The summed E-state index contributed by atoms with van der Waals surface area (Å²) in [7, 11) is 0. The summed E-state index contributed by atoms with van der Waals surface area (Å²) in [6, 6.07) is 6.73. The smallest absolute Gasteiger partial charge is 0.339 e. The Kier molecular flexibility index (Phi) is 5.18. The van der Waals surface area contributed by atoms with Gasteiger partial charge in [0.25, 0.3) is 11.5 Å². The fourth-order valence-corrected chi connectivity index (χ4v) is 2.23. The fourth-order valence-electron chi connectivity index (χ4n) is 2.23. The Balaban J connectivity index is 2.34. The largest absolute Gasteiger partial charge is 0.462 e. The van der Waals surface area contributed by atoms with Crippen LogP contribution in [0.15, 0.2) is 29.1 Å². The third-order valence-electron chi connectivity index (χ3n) is 3.74. The Labute approximate surface area is 139 Å². The first-order chi connectivity index (χ1) is 11.3. The van der Waals surface area contributed by atoms with E-state index in [1.165, 1.54) is 6.07 Å². The van der Waals surface area contributed by atoms with Gasteiger partial charge in [-0.2, -0.15) is 0 Å². The number of carbonyl (C=O) groups excluding carboxylic acids is 2. The highest BCUT2D eigenvalue weighted by molar-refractivity contribution is 6.05. The zero-order chi connectivity index (χ0) is 17.9. The number of hydrogen-bond acceptors (Lipinski definition) is 4. The molecule has 0 aliphatic rings. The van der Waals surface area contributed by atoms with Gasteiger partial charge in [0.2, 0.25) is 0 Å². The molecule has 0 atom stereocenters. The summed E-state index contributed by atoms with van der Waals surface area (Å²) in [5.74, 6) is -1.16. The standard InChI is InChI=1S/C18H20N2O4/c1-5-24-18(23)14-9-15(16(21)19-12(14)4)17(22)20-13-7-6-10(2)11(3)8-13/h6-9H,5H2,1-4H3,(H,19,21)(H,20,22). The van der Waals surface area contributed by atoms with Crippen LogP contribution in [0.3, 0.4) is 0 Å². The van der Waals surface area contributed by atoms with Crippen molar-refractivity contribution >= 4 is 17.6 Å². The number of aryl methyl sites for hydroxylation is 3. The van der Waals surface area contributed by atoms with Gasteiger partial charge in [-0.3, -0.25) is 9.59 Å². The van der Waals surface area contributed by atoms with Crippen LogP contribution in [0.2, 0.25) is 0 Å². The average molecular weight is 328 g/mol. The molecule has 24 heavy (non-hydrogen) atoms. The molecule has 6 heteroatoms. The molecular formula is C18H20N2O4. The maximum Gasteiger partial charge on any atom is 0.339 e. The monoisotopic (exact) mass is 328 g/mol. The van der Waals surface area contributed by atoms with Gasteiger partial charge in [0, 0.05) is 11.4 Å². The van der Waals surface area contributed by atoms with Crippen molar-refractivity contribution in [2.45, 2.75) is 27.7 Å². The van der Waals surface area contributed by atoms with Crippen LogP contribution in [0.1, 0.15) is 44.5 Å². The zero-order valence-electron chi connectivity index (χ0n) is 14.1. The lowest BCUT2D eigenvalue weighted by atomic mass is 10.1. The van der Waals surface area contributed by atoms with Crippen molar-refractivity contribution in [3.05, 3.63) is 62.6 Å². The normalized spacial score (nSPS) is 10.3. The molecule has 2 N–H and O–H groups in total. The second-order valence-electron chi connectivity index (χ2n) is 5.52. The summed E-state index contributed by atoms with van der Waals surface area (Å²) in [6.07, 6.45) is 0. The van der Waals surface area contributed by atoms with Crippen LogP contribution < -0.4 is 10.9 Å². The molecule has 1 aromatic heterocycles. The Morgan fingerprint density at radius 2 is 1.79 bits per heavy atom. The van der Waals surface area contributed by atoms with Crippen molar-refractivity contribution in [3.63, 3.8) is 0 Å². The lowest BCUT2D eigenvalue weighted by molar-refractivity contribution is 0.0525. The number of aromatic nitrogens is 1. The SMILES string of the molecule is CCOC(=O)c1cc(C(=O)Nc2ccc(C)c(C)c2)c(=O)[nH]c1C. The van der Waals surface area contributed by atoms with Crippen molar-refractivity contribution in [3.8, 4) is 0 Å². The number of hydrogen-bond donors (Lipinski definition) is 2. The molecule has 0 aliphatic heterocycles. The summed E-state index contributed by atoms with van der Waals surface area (Å²) in [6.45, 7) is 7.38. The lowest BCUT2D eigenvalue weighted by Crippen LogP contribution is -2.25. The van der Waals surface area contributed by atoms with E-state index in [-0.39, 0.29) is 17.7 Å². The highest BCUT2D eigenvalue weighted by Crippen LogP contribution is 2.15. The van der Waals surface area contributed by atoms with Crippen LogP contribution >= 0.6 is 0 Å². The minimum absolute atomic E-state index is 0.137. The summed E-state index contributed by atoms with van der Waals surface area (Å²) in [4.78, 5) is 38.9. The number of esters is 1. The number of nitrogens with one attached hydrogen (secondary N) is 2. The van der Waals surface area contributed by atoms with Gasteiger partial charge >= 0.3 is 5.97 Å². The van der Waals surface area contributed by atoms with Gasteiger partial charge < -0.3 is 15.0 Å². The molecule has 0 spiro atoms. The number of rotatable bonds is 4. The Morgan fingerprint density at radius 1 is 1.08 bits per heavy atom. The molecule has 0 radical (unpaired) electrons. The quantitative estimate of drug-likeness (QED) is 0.845. The molecule has 0 saturated heterocycles. The Hall–Kier alpha value is -2.89. The molecule has 2 aromatic rings. The minimum Gasteiger partial charge on any atom is -0.462 e. The number of pyridine rings is 1. The van der Waals surface area contributed by atoms with Gasteiger partial charge in [0.1, 0.15) is 5.56 Å². The van der Waals surface area contributed by atoms with E-state index in [4.69, 9.17) is 4.74 Å². The molecule has 0 unspecified atom stereocenters. The number of benzene rings is 1. The molecule has 0 aliphatic carbocycles. The van der Waals surface area contributed by atoms with E-state index in [0.717, 1.165) is 11.1 Å². The van der Waals surface area contributed by atoms with Crippen molar-refractivity contribution in [2.24, 2.45) is 0 Å². The first-order valence-corrected chi connectivity index (χ1v) is 7.63. The number of H-pyrrole nitrogens is 1. The van der Waals surface area contributed by atoms with Gasteiger partial charge in [-0.1, -0.05) is 6.07 Å². The van der Waals surface area contributed by atoms with Gasteiger partial charge in [-0.25, -0.2) is 4.79 Å². The summed E-state index contributed by atoms with van der Waals surface area (Å²) >= 11 is 0. The summed E-state index contributed by atoms with van der Waals surface area (Å²) in [5.41, 5.74) is 2.55. The number of anilines is 1. The van der Waals surface area contributed by atoms with E-state index >= 15 is 0 Å². The molecule has 0 bridgehead atoms. The van der Waals surface area contributed by atoms with Gasteiger partial charge in [-0.05, 0) is 57.0 Å². The molecular weight excluding hydrogens is 308 g/mol. The molecule has 2 rings (SSSR count). The number of amides is 1. The Morgan fingerprint density at radius 3 is 2.42 bits per heavy atom. The van der Waals surface area contributed by atoms with Crippen LogP contribution in [-0.4, -0.2) is 23.5 Å². The number of carbonyl (C=O) groups is 2. The zero-order valence-corrected chi connectivity index (χ0v) is 14.1. The van der Waals surface area contributed by atoms with E-state index in [0.29, 0.717) is 11.4 Å². The predicted molar refractivity (Wildman–Crippen MR) is 91.6 cm³/mol. The van der Waals surface area contributed by atoms with Crippen LogP contribution in [0.5, 0.6) is 0 Å². The highest BCUT2D eigenvalue weighted by atomic mass is 16.5. The van der Waals surface area contributed by atoms with Crippen LogP contribution in [0.4, 0.5) is 5.69 Å². The maximum atomic E-state index is 12.4. The third-order valence-corrected chi connectivity index (χ3v) is 3.74. The molecule has 126 valence electrons. The molecule has 1 amide bonds. The highest BCUT2D eigenvalue weighted by Gasteiger charge is 2.18.